The van der Waals surface area contributed by atoms with Crippen LogP contribution in [0, 0.1) is 0 Å². The largest absolute Gasteiger partial charge is 0.474 e. The van der Waals surface area contributed by atoms with Gasteiger partial charge in [0, 0.05) is 6.54 Å². The van der Waals surface area contributed by atoms with Gasteiger partial charge < -0.3 is 14.8 Å². The highest BCUT2D eigenvalue weighted by Gasteiger charge is 2.20. The molecule has 1 N–H and O–H groups in total. The van der Waals surface area contributed by atoms with Crippen molar-refractivity contribution in [1.82, 2.24) is 5.32 Å². The third-order valence-corrected chi connectivity index (χ3v) is 3.74. The molecule has 0 saturated carbocycles. The Morgan fingerprint density at radius 1 is 1.08 bits per heavy atom. The number of methoxy groups -OCH3 is 1. The van der Waals surface area contributed by atoms with Crippen LogP contribution in [-0.2, 0) is 16.0 Å². The summed E-state index contributed by atoms with van der Waals surface area (Å²) in [6.45, 7) is 6.17. The lowest BCUT2D eigenvalue weighted by Crippen LogP contribution is -2.24. The van der Waals surface area contributed by atoms with E-state index >= 15 is 0 Å². The van der Waals surface area contributed by atoms with E-state index in [1.807, 2.05) is 63.2 Å². The molecule has 0 atom stereocenters. The fourth-order valence-electron chi connectivity index (χ4n) is 2.29. The van der Waals surface area contributed by atoms with Gasteiger partial charge in [0.1, 0.15) is 5.60 Å². The number of nitrogens with one attached hydrogen (secondary N) is 1. The molecule has 2 aromatic rings. The van der Waals surface area contributed by atoms with Gasteiger partial charge in [0.25, 0.3) is 5.17 Å². The van der Waals surface area contributed by atoms with Crippen molar-refractivity contribution in [3.63, 3.8) is 0 Å². The number of esters is 1. The van der Waals surface area contributed by atoms with Crippen LogP contribution in [0.2, 0.25) is 0 Å². The van der Waals surface area contributed by atoms with Crippen LogP contribution in [0.4, 0.5) is 0 Å². The van der Waals surface area contributed by atoms with Crippen molar-refractivity contribution in [1.29, 1.82) is 0 Å². The van der Waals surface area contributed by atoms with Crippen molar-refractivity contribution in [3.05, 3.63) is 59.7 Å². The van der Waals surface area contributed by atoms with Crippen LogP contribution in [0.1, 0.15) is 36.7 Å². The van der Waals surface area contributed by atoms with Crippen LogP contribution in [0.5, 0.6) is 0 Å². The summed E-state index contributed by atoms with van der Waals surface area (Å²) >= 11 is 4.96. The molecule has 132 valence electrons. The number of hydrogen-bond donors (Lipinski definition) is 1. The van der Waals surface area contributed by atoms with Crippen LogP contribution in [0.3, 0.4) is 0 Å². The molecule has 0 aliphatic rings. The van der Waals surface area contributed by atoms with E-state index in [0.29, 0.717) is 17.3 Å². The average molecular weight is 357 g/mol. The molecule has 4 nitrogen and oxygen atoms in total. The van der Waals surface area contributed by atoms with Crippen molar-refractivity contribution in [2.75, 3.05) is 7.11 Å². The molecule has 0 fully saturated rings. The lowest BCUT2D eigenvalue weighted by molar-refractivity contribution is 0.00705. The fraction of sp³-hybridized carbons (Fsp3) is 0.300. The van der Waals surface area contributed by atoms with E-state index in [9.17, 15) is 4.79 Å². The zero-order valence-corrected chi connectivity index (χ0v) is 15.8. The van der Waals surface area contributed by atoms with E-state index in [1.54, 1.807) is 6.07 Å². The molecule has 0 aliphatic heterocycles. The third kappa shape index (κ3) is 5.57. The van der Waals surface area contributed by atoms with Crippen LogP contribution < -0.4 is 5.32 Å². The molecule has 0 aliphatic carbocycles. The number of benzene rings is 2. The third-order valence-electron chi connectivity index (χ3n) is 3.43. The van der Waals surface area contributed by atoms with Crippen LogP contribution in [0.15, 0.2) is 48.5 Å². The maximum Gasteiger partial charge on any atom is 0.339 e. The van der Waals surface area contributed by atoms with E-state index in [1.165, 1.54) is 7.11 Å². The highest BCUT2D eigenvalue weighted by Crippen LogP contribution is 2.26. The minimum absolute atomic E-state index is 0.320. The molecule has 0 bridgehead atoms. The van der Waals surface area contributed by atoms with Crippen LogP contribution in [-0.4, -0.2) is 23.9 Å². The van der Waals surface area contributed by atoms with Gasteiger partial charge in [0.05, 0.1) is 12.7 Å². The number of thiocarbonyl (C=S) groups is 1. The van der Waals surface area contributed by atoms with Gasteiger partial charge >= 0.3 is 5.97 Å². The zero-order chi connectivity index (χ0) is 18.4. The Hall–Kier alpha value is -2.40. The van der Waals surface area contributed by atoms with Gasteiger partial charge in [0.15, 0.2) is 0 Å². The van der Waals surface area contributed by atoms with E-state index in [0.717, 1.165) is 16.7 Å². The second kappa shape index (κ2) is 8.12. The molecule has 0 heterocycles. The smallest absolute Gasteiger partial charge is 0.339 e. The first-order chi connectivity index (χ1) is 11.8. The molecule has 2 aromatic carbocycles. The first-order valence-electron chi connectivity index (χ1n) is 8.03. The van der Waals surface area contributed by atoms with E-state index < -0.39 is 5.60 Å². The maximum atomic E-state index is 12.5. The van der Waals surface area contributed by atoms with Gasteiger partial charge in [0.2, 0.25) is 0 Å². The Bertz CT molecular complexity index is 748. The topological polar surface area (TPSA) is 47.6 Å². The predicted molar refractivity (Wildman–Crippen MR) is 103 cm³/mol. The number of carbonyl (C=O) groups is 1. The van der Waals surface area contributed by atoms with Gasteiger partial charge in [-0.2, -0.15) is 0 Å². The zero-order valence-electron chi connectivity index (χ0n) is 15.0. The molecule has 2 rings (SSSR count). The summed E-state index contributed by atoms with van der Waals surface area (Å²) in [7, 11) is 1.53. The summed E-state index contributed by atoms with van der Waals surface area (Å²) in [5.74, 6) is -0.320. The first-order valence-corrected chi connectivity index (χ1v) is 8.44. The summed E-state index contributed by atoms with van der Waals surface area (Å²) in [4.78, 5) is 12.5. The minimum atomic E-state index is -0.528. The molecular weight excluding hydrogens is 334 g/mol. The molecule has 0 radical (unpaired) electrons. The highest BCUT2D eigenvalue weighted by atomic mass is 32.1. The lowest BCUT2D eigenvalue weighted by Gasteiger charge is -2.20. The SMILES string of the molecule is COC(=S)NCc1ccc(-c2ccccc2C(=O)OC(C)(C)C)cc1. The highest BCUT2D eigenvalue weighted by molar-refractivity contribution is 7.80. The van der Waals surface area contributed by atoms with Gasteiger partial charge in [-0.3, -0.25) is 0 Å². The predicted octanol–water partition coefficient (Wildman–Crippen LogP) is 4.33. The molecule has 0 aromatic heterocycles. The molecule has 0 saturated heterocycles. The lowest BCUT2D eigenvalue weighted by atomic mass is 9.98. The molecular formula is C20H23NO3S. The molecule has 0 spiro atoms. The maximum absolute atomic E-state index is 12.5. The molecule has 5 heteroatoms. The second-order valence-corrected chi connectivity index (χ2v) is 6.96. The first kappa shape index (κ1) is 18.9. The monoisotopic (exact) mass is 357 g/mol. The number of carbonyl (C=O) groups excluding carboxylic acids is 1. The van der Waals surface area contributed by atoms with Crippen molar-refractivity contribution in [2.45, 2.75) is 32.9 Å². The van der Waals surface area contributed by atoms with Gasteiger partial charge in [-0.15, -0.1) is 0 Å². The Balaban J connectivity index is 2.21. The normalized spacial score (nSPS) is 10.9. The van der Waals surface area contributed by atoms with Crippen molar-refractivity contribution >= 4 is 23.4 Å². The summed E-state index contributed by atoms with van der Waals surface area (Å²) < 4.78 is 10.4. The summed E-state index contributed by atoms with van der Waals surface area (Å²) in [6, 6.07) is 15.4. The quantitative estimate of drug-likeness (QED) is 0.652. The summed E-state index contributed by atoms with van der Waals surface area (Å²) in [5, 5.41) is 3.36. The standard InChI is InChI=1S/C20H23NO3S/c1-20(2,3)24-18(22)17-8-6-5-7-16(17)15-11-9-14(10-12-15)13-21-19(25)23-4/h5-12H,13H2,1-4H3,(H,21,25). The molecule has 0 amide bonds. The minimum Gasteiger partial charge on any atom is -0.474 e. The van der Waals surface area contributed by atoms with Crippen molar-refractivity contribution in [3.8, 4) is 11.1 Å². The summed E-state index contributed by atoms with van der Waals surface area (Å²) in [6.07, 6.45) is 0. The summed E-state index contributed by atoms with van der Waals surface area (Å²) in [5.41, 5.74) is 2.91. The van der Waals surface area contributed by atoms with Crippen LogP contribution in [0.25, 0.3) is 11.1 Å². The molecule has 25 heavy (non-hydrogen) atoms. The van der Waals surface area contributed by atoms with Gasteiger partial charge in [-0.1, -0.05) is 42.5 Å². The number of rotatable bonds is 4. The fourth-order valence-corrected chi connectivity index (χ4v) is 2.37. The average Bonchev–Trinajstić information content (AvgIpc) is 2.58. The Morgan fingerprint density at radius 3 is 2.32 bits per heavy atom. The number of ether oxygens (including phenoxy) is 2. The van der Waals surface area contributed by atoms with E-state index in [2.05, 4.69) is 5.32 Å². The number of hydrogen-bond acceptors (Lipinski definition) is 4. The van der Waals surface area contributed by atoms with Gasteiger partial charge in [-0.05, 0) is 55.7 Å². The van der Waals surface area contributed by atoms with E-state index in [-0.39, 0.29) is 5.97 Å². The second-order valence-electron chi connectivity index (χ2n) is 6.59. The Morgan fingerprint density at radius 2 is 1.72 bits per heavy atom. The molecule has 0 unspecified atom stereocenters. The Labute approximate surface area is 154 Å². The van der Waals surface area contributed by atoms with Crippen molar-refractivity contribution in [2.24, 2.45) is 0 Å². The Kier molecular flexibility index (Phi) is 6.15. The van der Waals surface area contributed by atoms with Crippen molar-refractivity contribution < 1.29 is 14.3 Å². The van der Waals surface area contributed by atoms with E-state index in [4.69, 9.17) is 21.7 Å². The van der Waals surface area contributed by atoms with Gasteiger partial charge in [-0.25, -0.2) is 4.79 Å². The van der Waals surface area contributed by atoms with Crippen LogP contribution >= 0.6 is 12.2 Å².